The Labute approximate surface area is 115 Å². The van der Waals surface area contributed by atoms with Crippen LogP contribution in [0.1, 0.15) is 36.0 Å². The van der Waals surface area contributed by atoms with Gasteiger partial charge in [-0.1, -0.05) is 6.07 Å². The van der Waals surface area contributed by atoms with E-state index in [1.165, 1.54) is 18.2 Å². The molecular weight excluding hydrogens is 260 g/mol. The molecule has 1 aromatic carbocycles. The summed E-state index contributed by atoms with van der Waals surface area (Å²) in [5.41, 5.74) is -0.461. The van der Waals surface area contributed by atoms with E-state index in [9.17, 15) is 20.0 Å². The third kappa shape index (κ3) is 2.45. The highest BCUT2D eigenvalue weighted by Crippen LogP contribution is 2.44. The lowest BCUT2D eigenvalue weighted by atomic mass is 10.1. The lowest BCUT2D eigenvalue weighted by Crippen LogP contribution is -2.38. The highest BCUT2D eigenvalue weighted by molar-refractivity contribution is 5.98. The fourth-order valence-electron chi connectivity index (χ4n) is 2.62. The monoisotopic (exact) mass is 276 g/mol. The van der Waals surface area contributed by atoms with Crippen LogP contribution in [0.5, 0.6) is 5.75 Å². The van der Waals surface area contributed by atoms with Crippen molar-refractivity contribution in [2.45, 2.75) is 31.7 Å². The minimum atomic E-state index is -0.689. The molecule has 3 rings (SSSR count). The number of phenols is 1. The molecule has 0 aliphatic heterocycles. The van der Waals surface area contributed by atoms with Crippen molar-refractivity contribution in [3.05, 3.63) is 33.9 Å². The lowest BCUT2D eigenvalue weighted by Gasteiger charge is -2.17. The molecule has 0 heterocycles. The van der Waals surface area contributed by atoms with Crippen LogP contribution in [-0.4, -0.2) is 22.0 Å². The van der Waals surface area contributed by atoms with Crippen LogP contribution >= 0.6 is 0 Å². The van der Waals surface area contributed by atoms with Gasteiger partial charge in [0, 0.05) is 12.1 Å². The van der Waals surface area contributed by atoms with Gasteiger partial charge in [0.05, 0.1) is 10.5 Å². The number of hydrogen-bond donors (Lipinski definition) is 2. The van der Waals surface area contributed by atoms with Crippen molar-refractivity contribution >= 4 is 11.6 Å². The van der Waals surface area contributed by atoms with Crippen molar-refractivity contribution in [3.63, 3.8) is 0 Å². The Morgan fingerprint density at radius 3 is 2.40 bits per heavy atom. The molecule has 106 valence electrons. The Hall–Kier alpha value is -2.11. The van der Waals surface area contributed by atoms with E-state index in [0.717, 1.165) is 25.7 Å². The Morgan fingerprint density at radius 2 is 1.90 bits per heavy atom. The first-order valence-electron chi connectivity index (χ1n) is 6.85. The summed E-state index contributed by atoms with van der Waals surface area (Å²) in [7, 11) is 0. The van der Waals surface area contributed by atoms with E-state index in [4.69, 9.17) is 0 Å². The van der Waals surface area contributed by atoms with Gasteiger partial charge in [-0.3, -0.25) is 14.9 Å². The Balaban J connectivity index is 1.79. The number of carbonyl (C=O) groups is 1. The van der Waals surface area contributed by atoms with Gasteiger partial charge in [-0.15, -0.1) is 0 Å². The number of rotatable bonds is 5. The number of nitrogens with zero attached hydrogens (tertiary/aromatic N) is 1. The van der Waals surface area contributed by atoms with Crippen LogP contribution in [0.25, 0.3) is 0 Å². The van der Waals surface area contributed by atoms with Gasteiger partial charge in [-0.05, 0) is 43.6 Å². The average Bonchev–Trinajstić information content (AvgIpc) is 3.28. The molecule has 6 nitrogen and oxygen atoms in total. The van der Waals surface area contributed by atoms with Crippen LogP contribution in [0, 0.1) is 22.0 Å². The second kappa shape index (κ2) is 4.77. The van der Waals surface area contributed by atoms with E-state index in [2.05, 4.69) is 5.32 Å². The van der Waals surface area contributed by atoms with Gasteiger partial charge in [0.25, 0.3) is 5.91 Å². The highest BCUT2D eigenvalue weighted by Gasteiger charge is 2.42. The number of nitro groups is 1. The average molecular weight is 276 g/mol. The summed E-state index contributed by atoms with van der Waals surface area (Å²) in [5.74, 6) is 0.0925. The number of hydrogen-bond acceptors (Lipinski definition) is 4. The summed E-state index contributed by atoms with van der Waals surface area (Å²) >= 11 is 0. The number of carbonyl (C=O) groups excluding carboxylic acids is 1. The molecule has 0 unspecified atom stereocenters. The molecule has 0 aromatic heterocycles. The minimum absolute atomic E-state index is 0.0227. The number of amides is 1. The van der Waals surface area contributed by atoms with Crippen LogP contribution in [-0.2, 0) is 0 Å². The predicted molar refractivity (Wildman–Crippen MR) is 71.5 cm³/mol. The van der Waals surface area contributed by atoms with Crippen molar-refractivity contribution < 1.29 is 14.8 Å². The Kier molecular flexibility index (Phi) is 3.08. The SMILES string of the molecule is O=C(NC(C1CC1)C1CC1)c1cccc([N+](=O)[O-])c1O. The molecule has 2 fully saturated rings. The molecule has 0 atom stereocenters. The van der Waals surface area contributed by atoms with Crippen molar-refractivity contribution in [1.82, 2.24) is 5.32 Å². The van der Waals surface area contributed by atoms with E-state index < -0.39 is 22.3 Å². The normalized spacial score (nSPS) is 18.1. The highest BCUT2D eigenvalue weighted by atomic mass is 16.6. The van der Waals surface area contributed by atoms with Gasteiger partial charge < -0.3 is 10.4 Å². The summed E-state index contributed by atoms with van der Waals surface area (Å²) in [6, 6.07) is 4.16. The Morgan fingerprint density at radius 1 is 1.30 bits per heavy atom. The van der Waals surface area contributed by atoms with Crippen LogP contribution in [0.4, 0.5) is 5.69 Å². The number of aromatic hydroxyl groups is 1. The van der Waals surface area contributed by atoms with Crippen LogP contribution in [0.3, 0.4) is 0 Å². The largest absolute Gasteiger partial charge is 0.502 e. The smallest absolute Gasteiger partial charge is 0.311 e. The molecule has 1 aromatic rings. The molecular formula is C14H16N2O4. The number of phenolic OH excluding ortho intramolecular Hbond substituents is 1. The standard InChI is InChI=1S/C14H16N2O4/c17-13-10(2-1-3-11(13)16(19)20)14(18)15-12(8-4-5-8)9-6-7-9/h1-3,8-9,12,17H,4-7H2,(H,15,18). The molecule has 6 heteroatoms. The summed E-state index contributed by atoms with van der Waals surface area (Å²) < 4.78 is 0. The number of benzene rings is 1. The van der Waals surface area contributed by atoms with E-state index in [1.54, 1.807) is 0 Å². The quantitative estimate of drug-likeness (QED) is 0.637. The molecule has 0 saturated heterocycles. The fraction of sp³-hybridized carbons (Fsp3) is 0.500. The first kappa shape index (κ1) is 12.9. The van der Waals surface area contributed by atoms with Gasteiger partial charge >= 0.3 is 5.69 Å². The third-order valence-electron chi connectivity index (χ3n) is 4.01. The molecule has 2 N–H and O–H groups in total. The van der Waals surface area contributed by atoms with E-state index in [1.807, 2.05) is 0 Å². The number of para-hydroxylation sites is 1. The second-order valence-corrected chi connectivity index (χ2v) is 5.60. The van der Waals surface area contributed by atoms with Gasteiger partial charge in [-0.2, -0.15) is 0 Å². The van der Waals surface area contributed by atoms with Gasteiger partial charge in [0.1, 0.15) is 0 Å². The van der Waals surface area contributed by atoms with Crippen LogP contribution in [0.15, 0.2) is 18.2 Å². The molecule has 2 saturated carbocycles. The second-order valence-electron chi connectivity index (χ2n) is 5.60. The molecule has 0 bridgehead atoms. The third-order valence-corrected chi connectivity index (χ3v) is 4.01. The first-order valence-corrected chi connectivity index (χ1v) is 6.85. The summed E-state index contributed by atoms with van der Waals surface area (Å²) in [6.07, 6.45) is 4.51. The zero-order valence-corrected chi connectivity index (χ0v) is 10.9. The summed E-state index contributed by atoms with van der Waals surface area (Å²) in [4.78, 5) is 22.3. The number of nitrogens with one attached hydrogen (secondary N) is 1. The van der Waals surface area contributed by atoms with E-state index in [0.29, 0.717) is 11.8 Å². The molecule has 0 radical (unpaired) electrons. The molecule has 1 amide bonds. The van der Waals surface area contributed by atoms with Gasteiger partial charge in [-0.25, -0.2) is 0 Å². The summed E-state index contributed by atoms with van der Waals surface area (Å²) in [6.45, 7) is 0. The zero-order chi connectivity index (χ0) is 14.3. The topological polar surface area (TPSA) is 92.5 Å². The van der Waals surface area contributed by atoms with E-state index in [-0.39, 0.29) is 11.6 Å². The van der Waals surface area contributed by atoms with Crippen molar-refractivity contribution in [1.29, 1.82) is 0 Å². The van der Waals surface area contributed by atoms with Crippen molar-refractivity contribution in [3.8, 4) is 5.75 Å². The first-order chi connectivity index (χ1) is 9.58. The maximum Gasteiger partial charge on any atom is 0.311 e. The van der Waals surface area contributed by atoms with Gasteiger partial charge in [0.2, 0.25) is 5.75 Å². The summed E-state index contributed by atoms with van der Waals surface area (Å²) in [5, 5.41) is 23.6. The minimum Gasteiger partial charge on any atom is -0.502 e. The van der Waals surface area contributed by atoms with Crippen LogP contribution < -0.4 is 5.32 Å². The lowest BCUT2D eigenvalue weighted by molar-refractivity contribution is -0.385. The predicted octanol–water partition coefficient (Wildman–Crippen LogP) is 2.22. The number of nitro benzene ring substituents is 1. The molecule has 2 aliphatic carbocycles. The molecule has 0 spiro atoms. The van der Waals surface area contributed by atoms with Crippen molar-refractivity contribution in [2.24, 2.45) is 11.8 Å². The zero-order valence-electron chi connectivity index (χ0n) is 10.9. The molecule has 20 heavy (non-hydrogen) atoms. The maximum atomic E-state index is 12.2. The van der Waals surface area contributed by atoms with Crippen LogP contribution in [0.2, 0.25) is 0 Å². The Bertz CT molecular complexity index is 552. The van der Waals surface area contributed by atoms with E-state index >= 15 is 0 Å². The molecule has 2 aliphatic rings. The fourth-order valence-corrected chi connectivity index (χ4v) is 2.62. The van der Waals surface area contributed by atoms with Crippen molar-refractivity contribution in [2.75, 3.05) is 0 Å². The van der Waals surface area contributed by atoms with Gasteiger partial charge in [0.15, 0.2) is 0 Å². The maximum absolute atomic E-state index is 12.2.